The number of carboxylic acid groups (broad SMARTS) is 1. The maximum Gasteiger partial charge on any atom is 0.323 e. The lowest BCUT2D eigenvalue weighted by atomic mass is 10.2. The van der Waals surface area contributed by atoms with E-state index in [4.69, 9.17) is 16.7 Å². The molecule has 1 N–H and O–H groups in total. The lowest BCUT2D eigenvalue weighted by Gasteiger charge is -2.14. The van der Waals surface area contributed by atoms with Crippen LogP contribution in [-0.4, -0.2) is 40.5 Å². The van der Waals surface area contributed by atoms with E-state index in [1.807, 2.05) is 0 Å². The van der Waals surface area contributed by atoms with Gasteiger partial charge in [-0.15, -0.1) is 0 Å². The Morgan fingerprint density at radius 2 is 2.27 bits per heavy atom. The first-order chi connectivity index (χ1) is 7.02. The quantitative estimate of drug-likeness (QED) is 0.834. The Kier molecular flexibility index (Phi) is 3.62. The third kappa shape index (κ3) is 2.92. The van der Waals surface area contributed by atoms with E-state index >= 15 is 0 Å². The number of aliphatic carboxylic acids is 1. The van der Waals surface area contributed by atoms with Crippen LogP contribution in [0.5, 0.6) is 0 Å². The fourth-order valence-corrected chi connectivity index (χ4v) is 1.20. The third-order valence-electron chi connectivity index (χ3n) is 1.72. The van der Waals surface area contributed by atoms with Crippen LogP contribution in [0.2, 0.25) is 5.02 Å². The van der Waals surface area contributed by atoms with Gasteiger partial charge >= 0.3 is 5.97 Å². The number of rotatable bonds is 3. The summed E-state index contributed by atoms with van der Waals surface area (Å²) in [5.41, 5.74) is 0.197. The monoisotopic (exact) mass is 228 g/mol. The van der Waals surface area contributed by atoms with Gasteiger partial charge in [0.25, 0.3) is 5.91 Å². The molecule has 0 saturated carbocycles. The minimum absolute atomic E-state index is 0.197. The van der Waals surface area contributed by atoms with Gasteiger partial charge < -0.3 is 10.0 Å². The SMILES string of the molecule is CN(CC(=O)O)C(=O)c1cnccc1Cl. The highest BCUT2D eigenvalue weighted by Gasteiger charge is 2.16. The van der Waals surface area contributed by atoms with Gasteiger partial charge in [-0.2, -0.15) is 0 Å². The zero-order valence-electron chi connectivity index (χ0n) is 7.98. The van der Waals surface area contributed by atoms with E-state index in [9.17, 15) is 9.59 Å². The summed E-state index contributed by atoms with van der Waals surface area (Å²) >= 11 is 5.76. The Labute approximate surface area is 91.3 Å². The fourth-order valence-electron chi connectivity index (χ4n) is 1.02. The Morgan fingerprint density at radius 3 is 2.80 bits per heavy atom. The molecule has 0 atom stereocenters. The van der Waals surface area contributed by atoms with Gasteiger partial charge in [0.2, 0.25) is 0 Å². The minimum Gasteiger partial charge on any atom is -0.480 e. The molecule has 0 fully saturated rings. The van der Waals surface area contributed by atoms with Crippen LogP contribution in [0.25, 0.3) is 0 Å². The summed E-state index contributed by atoms with van der Waals surface area (Å²) in [7, 11) is 1.39. The Hall–Kier alpha value is -1.62. The van der Waals surface area contributed by atoms with E-state index in [0.717, 1.165) is 4.90 Å². The van der Waals surface area contributed by atoms with Crippen LogP contribution in [0, 0.1) is 0 Å². The highest BCUT2D eigenvalue weighted by atomic mass is 35.5. The maximum atomic E-state index is 11.6. The van der Waals surface area contributed by atoms with Crippen molar-refractivity contribution in [3.05, 3.63) is 29.0 Å². The minimum atomic E-state index is -1.08. The van der Waals surface area contributed by atoms with Crippen LogP contribution >= 0.6 is 11.6 Å². The number of amides is 1. The second-order valence-corrected chi connectivity index (χ2v) is 3.32. The number of carboxylic acids is 1. The van der Waals surface area contributed by atoms with Gasteiger partial charge in [0, 0.05) is 19.4 Å². The van der Waals surface area contributed by atoms with E-state index < -0.39 is 11.9 Å². The van der Waals surface area contributed by atoms with E-state index in [1.165, 1.54) is 25.5 Å². The number of carbonyl (C=O) groups excluding carboxylic acids is 1. The summed E-state index contributed by atoms with van der Waals surface area (Å²) in [6.45, 7) is -0.371. The number of hydrogen-bond acceptors (Lipinski definition) is 3. The number of hydrogen-bond donors (Lipinski definition) is 1. The number of halogens is 1. The highest BCUT2D eigenvalue weighted by Crippen LogP contribution is 2.14. The molecule has 0 aliphatic carbocycles. The van der Waals surface area contributed by atoms with Crippen LogP contribution in [0.4, 0.5) is 0 Å². The van der Waals surface area contributed by atoms with Crippen molar-refractivity contribution >= 4 is 23.5 Å². The highest BCUT2D eigenvalue weighted by molar-refractivity contribution is 6.33. The van der Waals surface area contributed by atoms with Gasteiger partial charge in [0.15, 0.2) is 0 Å². The van der Waals surface area contributed by atoms with Crippen molar-refractivity contribution in [2.75, 3.05) is 13.6 Å². The molecule has 0 aliphatic heterocycles. The number of carbonyl (C=O) groups is 2. The second-order valence-electron chi connectivity index (χ2n) is 2.91. The van der Waals surface area contributed by atoms with Gasteiger partial charge in [-0.05, 0) is 6.07 Å². The number of pyridine rings is 1. The molecule has 5 nitrogen and oxygen atoms in total. The van der Waals surface area contributed by atoms with E-state index in [2.05, 4.69) is 4.98 Å². The van der Waals surface area contributed by atoms with Gasteiger partial charge in [-0.25, -0.2) is 0 Å². The van der Waals surface area contributed by atoms with E-state index in [-0.39, 0.29) is 17.1 Å². The molecular formula is C9H9ClN2O3. The molecular weight excluding hydrogens is 220 g/mol. The first-order valence-electron chi connectivity index (χ1n) is 4.09. The number of aromatic nitrogens is 1. The molecule has 6 heteroatoms. The Morgan fingerprint density at radius 1 is 1.60 bits per heavy atom. The normalized spacial score (nSPS) is 9.73. The molecule has 0 aliphatic rings. The van der Waals surface area contributed by atoms with Crippen LogP contribution in [0.15, 0.2) is 18.5 Å². The van der Waals surface area contributed by atoms with E-state index in [0.29, 0.717) is 0 Å². The smallest absolute Gasteiger partial charge is 0.323 e. The molecule has 1 amide bonds. The summed E-state index contributed by atoms with van der Waals surface area (Å²) in [4.78, 5) is 26.8. The van der Waals surface area contributed by atoms with Crippen LogP contribution in [-0.2, 0) is 4.79 Å². The lowest BCUT2D eigenvalue weighted by molar-refractivity contribution is -0.137. The van der Waals surface area contributed by atoms with Crippen LogP contribution in [0.3, 0.4) is 0 Å². The molecule has 1 aromatic heterocycles. The summed E-state index contributed by atoms with van der Waals surface area (Å²) < 4.78 is 0. The maximum absolute atomic E-state index is 11.6. The summed E-state index contributed by atoms with van der Waals surface area (Å²) in [5.74, 6) is -1.54. The molecule has 15 heavy (non-hydrogen) atoms. The number of nitrogens with zero attached hydrogens (tertiary/aromatic N) is 2. The van der Waals surface area contributed by atoms with E-state index in [1.54, 1.807) is 0 Å². The van der Waals surface area contributed by atoms with Crippen molar-refractivity contribution in [2.24, 2.45) is 0 Å². The van der Waals surface area contributed by atoms with Gasteiger partial charge in [-0.1, -0.05) is 11.6 Å². The molecule has 1 aromatic rings. The first-order valence-corrected chi connectivity index (χ1v) is 4.47. The second kappa shape index (κ2) is 4.75. The topological polar surface area (TPSA) is 70.5 Å². The average Bonchev–Trinajstić information content (AvgIpc) is 2.16. The Bertz CT molecular complexity index is 395. The molecule has 0 radical (unpaired) electrons. The van der Waals surface area contributed by atoms with Gasteiger partial charge in [0.1, 0.15) is 6.54 Å². The van der Waals surface area contributed by atoms with Crippen molar-refractivity contribution < 1.29 is 14.7 Å². The molecule has 0 unspecified atom stereocenters. The molecule has 0 spiro atoms. The predicted octanol–water partition coefficient (Wildman–Crippen LogP) is 0.892. The molecule has 0 saturated heterocycles. The van der Waals surface area contributed by atoms with Crippen molar-refractivity contribution in [3.63, 3.8) is 0 Å². The zero-order valence-corrected chi connectivity index (χ0v) is 8.73. The largest absolute Gasteiger partial charge is 0.480 e. The van der Waals surface area contributed by atoms with Gasteiger partial charge in [-0.3, -0.25) is 14.6 Å². The van der Waals surface area contributed by atoms with Crippen molar-refractivity contribution in [1.82, 2.24) is 9.88 Å². The van der Waals surface area contributed by atoms with Crippen LogP contribution in [0.1, 0.15) is 10.4 Å². The molecule has 0 bridgehead atoms. The first kappa shape index (κ1) is 11.5. The molecule has 80 valence electrons. The lowest BCUT2D eigenvalue weighted by Crippen LogP contribution is -2.32. The third-order valence-corrected chi connectivity index (χ3v) is 2.05. The van der Waals surface area contributed by atoms with Crippen LogP contribution < -0.4 is 0 Å². The molecule has 1 rings (SSSR count). The van der Waals surface area contributed by atoms with Crippen molar-refractivity contribution in [3.8, 4) is 0 Å². The average molecular weight is 229 g/mol. The number of likely N-dealkylation sites (N-methyl/N-ethyl adjacent to an activating group) is 1. The molecule has 1 heterocycles. The fraction of sp³-hybridized carbons (Fsp3) is 0.222. The summed E-state index contributed by atoms with van der Waals surface area (Å²) in [6, 6.07) is 1.48. The Balaban J connectivity index is 2.85. The standard InChI is InChI=1S/C9H9ClN2O3/c1-12(5-8(13)14)9(15)6-4-11-3-2-7(6)10/h2-4H,5H2,1H3,(H,13,14). The van der Waals surface area contributed by atoms with Gasteiger partial charge in [0.05, 0.1) is 10.6 Å². The summed E-state index contributed by atoms with van der Waals surface area (Å²) in [6.07, 6.45) is 2.76. The zero-order chi connectivity index (χ0) is 11.4. The predicted molar refractivity (Wildman–Crippen MR) is 53.8 cm³/mol. The van der Waals surface area contributed by atoms with Crippen molar-refractivity contribution in [1.29, 1.82) is 0 Å². The van der Waals surface area contributed by atoms with Crippen molar-refractivity contribution in [2.45, 2.75) is 0 Å². The molecule has 0 aromatic carbocycles. The summed E-state index contributed by atoms with van der Waals surface area (Å²) in [5, 5.41) is 8.76.